The standard InChI is InChI=1S/C24H24N2O2/c1-15-9-7-10-16(2)23(15)25-17(3)22(18(4)27)24(28)26-21-14-8-12-19-11-5-6-13-20(19)21/h5-14,27H,1-4H3,(H,26,28). The van der Waals surface area contributed by atoms with Crippen molar-refractivity contribution in [1.29, 1.82) is 0 Å². The van der Waals surface area contributed by atoms with Gasteiger partial charge in [0, 0.05) is 11.1 Å². The second-order valence-electron chi connectivity index (χ2n) is 6.88. The highest BCUT2D eigenvalue weighted by Crippen LogP contribution is 2.26. The molecular weight excluding hydrogens is 348 g/mol. The number of carbonyl (C=O) groups excluding carboxylic acids is 1. The van der Waals surface area contributed by atoms with E-state index in [1.807, 2.05) is 74.5 Å². The first-order valence-corrected chi connectivity index (χ1v) is 9.19. The van der Waals surface area contributed by atoms with Gasteiger partial charge < -0.3 is 10.4 Å². The van der Waals surface area contributed by atoms with Crippen molar-refractivity contribution in [2.24, 2.45) is 4.99 Å². The number of para-hydroxylation sites is 1. The minimum atomic E-state index is -0.385. The molecule has 2 N–H and O–H groups in total. The molecule has 0 saturated carbocycles. The Morgan fingerprint density at radius 2 is 1.50 bits per heavy atom. The van der Waals surface area contributed by atoms with Crippen LogP contribution in [0.4, 0.5) is 11.4 Å². The fourth-order valence-electron chi connectivity index (χ4n) is 3.32. The van der Waals surface area contributed by atoms with Crippen LogP contribution in [0.15, 0.2) is 77.0 Å². The third-order valence-corrected chi connectivity index (χ3v) is 4.71. The maximum absolute atomic E-state index is 13.0. The molecule has 0 heterocycles. The van der Waals surface area contributed by atoms with Gasteiger partial charge in [0.05, 0.1) is 17.0 Å². The molecule has 0 aliphatic heterocycles. The Balaban J connectivity index is 1.98. The van der Waals surface area contributed by atoms with E-state index >= 15 is 0 Å². The molecule has 3 aromatic rings. The maximum Gasteiger partial charge on any atom is 0.260 e. The van der Waals surface area contributed by atoms with Crippen LogP contribution in [0.25, 0.3) is 10.8 Å². The van der Waals surface area contributed by atoms with E-state index in [-0.39, 0.29) is 17.2 Å². The molecule has 0 fully saturated rings. The average molecular weight is 372 g/mol. The molecule has 0 saturated heterocycles. The number of nitrogens with zero attached hydrogens (tertiary/aromatic N) is 1. The third kappa shape index (κ3) is 3.96. The van der Waals surface area contributed by atoms with Crippen molar-refractivity contribution in [3.63, 3.8) is 0 Å². The molecule has 1 amide bonds. The van der Waals surface area contributed by atoms with E-state index in [2.05, 4.69) is 10.3 Å². The zero-order valence-electron chi connectivity index (χ0n) is 16.6. The fraction of sp³-hybridized carbons (Fsp3) is 0.167. The molecule has 0 aliphatic carbocycles. The highest BCUT2D eigenvalue weighted by molar-refractivity contribution is 6.26. The molecule has 0 atom stereocenters. The van der Waals surface area contributed by atoms with E-state index in [4.69, 9.17) is 0 Å². The van der Waals surface area contributed by atoms with Crippen molar-refractivity contribution in [3.05, 3.63) is 83.1 Å². The maximum atomic E-state index is 13.0. The number of rotatable bonds is 4. The lowest BCUT2D eigenvalue weighted by Crippen LogP contribution is -2.21. The number of allylic oxidation sites excluding steroid dienone is 1. The topological polar surface area (TPSA) is 61.7 Å². The van der Waals surface area contributed by atoms with Crippen molar-refractivity contribution in [2.75, 3.05) is 5.32 Å². The average Bonchev–Trinajstić information content (AvgIpc) is 2.65. The number of carbonyl (C=O) groups is 1. The first kappa shape index (κ1) is 19.4. The highest BCUT2D eigenvalue weighted by atomic mass is 16.3. The summed E-state index contributed by atoms with van der Waals surface area (Å²) >= 11 is 0. The van der Waals surface area contributed by atoms with E-state index in [1.54, 1.807) is 6.92 Å². The molecule has 0 aliphatic rings. The van der Waals surface area contributed by atoms with E-state index in [1.165, 1.54) is 6.92 Å². The summed E-state index contributed by atoms with van der Waals surface area (Å²) in [6.07, 6.45) is 0. The monoisotopic (exact) mass is 372 g/mol. The summed E-state index contributed by atoms with van der Waals surface area (Å²) in [4.78, 5) is 17.6. The number of nitrogens with one attached hydrogen (secondary N) is 1. The van der Waals surface area contributed by atoms with Gasteiger partial charge in [-0.1, -0.05) is 54.6 Å². The summed E-state index contributed by atoms with van der Waals surface area (Å²) in [6, 6.07) is 19.5. The normalized spacial score (nSPS) is 12.6. The Kier molecular flexibility index (Phi) is 5.59. The molecule has 0 unspecified atom stereocenters. The number of aliphatic hydroxyl groups is 1. The van der Waals surface area contributed by atoms with E-state index in [0.29, 0.717) is 11.4 Å². The summed E-state index contributed by atoms with van der Waals surface area (Å²) in [7, 11) is 0. The van der Waals surface area contributed by atoms with Gasteiger partial charge in [-0.3, -0.25) is 9.79 Å². The molecule has 28 heavy (non-hydrogen) atoms. The van der Waals surface area contributed by atoms with Crippen LogP contribution in [0.2, 0.25) is 0 Å². The summed E-state index contributed by atoms with van der Waals surface area (Å²) in [5.74, 6) is -0.450. The summed E-state index contributed by atoms with van der Waals surface area (Å²) in [5.41, 5.74) is 4.19. The third-order valence-electron chi connectivity index (χ3n) is 4.71. The SMILES string of the molecule is CC(=Nc1c(C)cccc1C)C(C(=O)Nc1cccc2ccccc12)=C(C)O. The molecule has 4 nitrogen and oxygen atoms in total. The van der Waals surface area contributed by atoms with E-state index in [0.717, 1.165) is 27.6 Å². The number of amides is 1. The Morgan fingerprint density at radius 3 is 2.18 bits per heavy atom. The van der Waals surface area contributed by atoms with Gasteiger partial charge in [-0.2, -0.15) is 0 Å². The van der Waals surface area contributed by atoms with Gasteiger partial charge >= 0.3 is 0 Å². The van der Waals surface area contributed by atoms with Gasteiger partial charge in [0.2, 0.25) is 0 Å². The lowest BCUT2D eigenvalue weighted by atomic mass is 10.1. The number of benzene rings is 3. The fourth-order valence-corrected chi connectivity index (χ4v) is 3.32. The quantitative estimate of drug-likeness (QED) is 0.334. The number of hydrogen-bond acceptors (Lipinski definition) is 3. The van der Waals surface area contributed by atoms with Crippen molar-refractivity contribution < 1.29 is 9.90 Å². The van der Waals surface area contributed by atoms with Crippen LogP contribution < -0.4 is 5.32 Å². The van der Waals surface area contributed by atoms with Gasteiger partial charge in [-0.15, -0.1) is 0 Å². The van der Waals surface area contributed by atoms with E-state index in [9.17, 15) is 9.90 Å². The van der Waals surface area contributed by atoms with Crippen molar-refractivity contribution >= 4 is 33.8 Å². The Hall–Kier alpha value is -3.40. The number of aryl methyl sites for hydroxylation is 2. The van der Waals surface area contributed by atoms with Gasteiger partial charge in [0.1, 0.15) is 5.76 Å². The van der Waals surface area contributed by atoms with Gasteiger partial charge in [0.15, 0.2) is 0 Å². The predicted molar refractivity (Wildman–Crippen MR) is 117 cm³/mol. The van der Waals surface area contributed by atoms with Crippen LogP contribution in [0.5, 0.6) is 0 Å². The Bertz CT molecular complexity index is 1080. The zero-order valence-corrected chi connectivity index (χ0v) is 16.6. The van der Waals surface area contributed by atoms with Crippen LogP contribution in [0.1, 0.15) is 25.0 Å². The predicted octanol–water partition coefficient (Wildman–Crippen LogP) is 6.02. The van der Waals surface area contributed by atoms with E-state index < -0.39 is 0 Å². The van der Waals surface area contributed by atoms with Gasteiger partial charge in [-0.25, -0.2) is 0 Å². The molecule has 3 rings (SSSR count). The number of hydrogen-bond donors (Lipinski definition) is 2. The van der Waals surface area contributed by atoms with Crippen LogP contribution >= 0.6 is 0 Å². The van der Waals surface area contributed by atoms with Crippen LogP contribution in [-0.2, 0) is 4.79 Å². The van der Waals surface area contributed by atoms with Crippen LogP contribution in [0, 0.1) is 13.8 Å². The summed E-state index contributed by atoms with van der Waals surface area (Å²) in [6.45, 7) is 7.19. The van der Waals surface area contributed by atoms with Gasteiger partial charge in [-0.05, 0) is 50.3 Å². The highest BCUT2D eigenvalue weighted by Gasteiger charge is 2.18. The molecule has 142 valence electrons. The number of anilines is 1. The summed E-state index contributed by atoms with van der Waals surface area (Å²) < 4.78 is 0. The Morgan fingerprint density at radius 1 is 0.893 bits per heavy atom. The van der Waals surface area contributed by atoms with Crippen molar-refractivity contribution in [2.45, 2.75) is 27.7 Å². The first-order valence-electron chi connectivity index (χ1n) is 9.19. The number of fused-ring (bicyclic) bond motifs is 1. The minimum Gasteiger partial charge on any atom is -0.512 e. The van der Waals surface area contributed by atoms with Crippen LogP contribution in [-0.4, -0.2) is 16.7 Å². The molecule has 3 aromatic carbocycles. The van der Waals surface area contributed by atoms with Gasteiger partial charge in [0.25, 0.3) is 5.91 Å². The number of aliphatic imine (C=N–C) groups is 1. The molecule has 0 bridgehead atoms. The molecular formula is C24H24N2O2. The van der Waals surface area contributed by atoms with Crippen molar-refractivity contribution in [1.82, 2.24) is 0 Å². The summed E-state index contributed by atoms with van der Waals surface area (Å²) in [5, 5.41) is 15.1. The lowest BCUT2D eigenvalue weighted by Gasteiger charge is -2.13. The molecule has 0 radical (unpaired) electrons. The largest absolute Gasteiger partial charge is 0.512 e. The number of aliphatic hydroxyl groups excluding tert-OH is 1. The first-order chi connectivity index (χ1) is 13.4. The molecule has 4 heteroatoms. The molecule has 0 aromatic heterocycles. The minimum absolute atomic E-state index is 0.0646. The van der Waals surface area contributed by atoms with Crippen molar-refractivity contribution in [3.8, 4) is 0 Å². The molecule has 0 spiro atoms. The second kappa shape index (κ2) is 8.09. The lowest BCUT2D eigenvalue weighted by molar-refractivity contribution is -0.112. The van der Waals surface area contributed by atoms with Crippen LogP contribution in [0.3, 0.4) is 0 Å². The smallest absolute Gasteiger partial charge is 0.260 e. The second-order valence-corrected chi connectivity index (χ2v) is 6.88. The zero-order chi connectivity index (χ0) is 20.3. The Labute approximate surface area is 165 Å².